The van der Waals surface area contributed by atoms with Crippen LogP contribution >= 0.6 is 12.4 Å². The molecule has 1 aromatic carbocycles. The Bertz CT molecular complexity index is 768. The minimum atomic E-state index is -4.04. The van der Waals surface area contributed by atoms with Gasteiger partial charge in [-0.2, -0.15) is 0 Å². The van der Waals surface area contributed by atoms with Crippen molar-refractivity contribution in [3.8, 4) is 0 Å². The van der Waals surface area contributed by atoms with Gasteiger partial charge in [0.25, 0.3) is 0 Å². The van der Waals surface area contributed by atoms with Crippen LogP contribution in [-0.4, -0.2) is 53.2 Å². The standard InChI is InChI=1S/C16H22N2O6S.ClH/c1-10-13(5-4-8-17-10)18-25(21,22)14-9-11(15(19)23-2)6-7-12(14)16(20)24-3;/h6-7,9-10,13,17-18H,4-5,8H2,1-3H3;1H. The average Bonchev–Trinajstić information content (AvgIpc) is 2.61. The fourth-order valence-corrected chi connectivity index (χ4v) is 4.31. The number of nitrogens with one attached hydrogen (secondary N) is 2. The van der Waals surface area contributed by atoms with Crippen LogP contribution in [0.5, 0.6) is 0 Å². The van der Waals surface area contributed by atoms with Crippen molar-refractivity contribution >= 4 is 34.4 Å². The number of methoxy groups -OCH3 is 2. The van der Waals surface area contributed by atoms with E-state index in [1.807, 2.05) is 6.92 Å². The highest BCUT2D eigenvalue weighted by atomic mass is 35.5. The van der Waals surface area contributed by atoms with E-state index in [2.05, 4.69) is 19.5 Å². The Balaban J connectivity index is 0.00000338. The maximum Gasteiger partial charge on any atom is 0.339 e. The van der Waals surface area contributed by atoms with Crippen molar-refractivity contribution in [3.63, 3.8) is 0 Å². The Morgan fingerprint density at radius 2 is 1.85 bits per heavy atom. The molecule has 2 unspecified atom stereocenters. The van der Waals surface area contributed by atoms with Gasteiger partial charge in [-0.05, 0) is 44.5 Å². The van der Waals surface area contributed by atoms with Gasteiger partial charge in [0.15, 0.2) is 0 Å². The second kappa shape index (κ2) is 9.31. The van der Waals surface area contributed by atoms with Gasteiger partial charge in [-0.25, -0.2) is 22.7 Å². The molecule has 1 aliphatic heterocycles. The molecule has 0 spiro atoms. The van der Waals surface area contributed by atoms with E-state index in [0.29, 0.717) is 6.42 Å². The van der Waals surface area contributed by atoms with E-state index >= 15 is 0 Å². The summed E-state index contributed by atoms with van der Waals surface area (Å²) < 4.78 is 37.6. The number of ether oxygens (including phenoxy) is 2. The predicted molar refractivity (Wildman–Crippen MR) is 97.2 cm³/mol. The molecule has 0 radical (unpaired) electrons. The molecule has 0 amide bonds. The molecule has 0 bridgehead atoms. The number of sulfonamides is 1. The van der Waals surface area contributed by atoms with Gasteiger partial charge in [0, 0.05) is 12.1 Å². The first kappa shape index (κ1) is 22.4. The number of hydrogen-bond acceptors (Lipinski definition) is 7. The third-order valence-electron chi connectivity index (χ3n) is 4.17. The van der Waals surface area contributed by atoms with E-state index in [4.69, 9.17) is 0 Å². The summed E-state index contributed by atoms with van der Waals surface area (Å²) in [7, 11) is -1.69. The molecule has 26 heavy (non-hydrogen) atoms. The molecule has 146 valence electrons. The topological polar surface area (TPSA) is 111 Å². The van der Waals surface area contributed by atoms with Gasteiger partial charge in [-0.1, -0.05) is 0 Å². The number of benzene rings is 1. The van der Waals surface area contributed by atoms with E-state index in [1.165, 1.54) is 19.2 Å². The van der Waals surface area contributed by atoms with Crippen molar-refractivity contribution < 1.29 is 27.5 Å². The van der Waals surface area contributed by atoms with Crippen molar-refractivity contribution in [3.05, 3.63) is 29.3 Å². The van der Waals surface area contributed by atoms with Gasteiger partial charge in [0.1, 0.15) is 0 Å². The maximum absolute atomic E-state index is 12.9. The van der Waals surface area contributed by atoms with Crippen LogP contribution in [-0.2, 0) is 19.5 Å². The Kier molecular flexibility index (Phi) is 8.01. The average molecular weight is 407 g/mol. The van der Waals surface area contributed by atoms with Crippen molar-refractivity contribution in [1.82, 2.24) is 10.0 Å². The van der Waals surface area contributed by atoms with Crippen LogP contribution in [0.2, 0.25) is 0 Å². The fourth-order valence-electron chi connectivity index (χ4n) is 2.74. The van der Waals surface area contributed by atoms with Crippen molar-refractivity contribution in [2.24, 2.45) is 0 Å². The number of esters is 2. The van der Waals surface area contributed by atoms with Gasteiger partial charge in [0.2, 0.25) is 10.0 Å². The molecular weight excluding hydrogens is 384 g/mol. The highest BCUT2D eigenvalue weighted by molar-refractivity contribution is 7.89. The summed E-state index contributed by atoms with van der Waals surface area (Å²) >= 11 is 0. The first-order chi connectivity index (χ1) is 11.8. The molecule has 1 heterocycles. The minimum absolute atomic E-state index is 0. The third-order valence-corrected chi connectivity index (χ3v) is 5.70. The lowest BCUT2D eigenvalue weighted by molar-refractivity contribution is 0.0583. The molecule has 1 saturated heterocycles. The van der Waals surface area contributed by atoms with Gasteiger partial charge >= 0.3 is 11.9 Å². The molecule has 8 nitrogen and oxygen atoms in total. The molecule has 1 fully saturated rings. The first-order valence-corrected chi connectivity index (χ1v) is 9.35. The number of carbonyl (C=O) groups is 2. The zero-order valence-corrected chi connectivity index (χ0v) is 16.4. The van der Waals surface area contributed by atoms with E-state index in [1.54, 1.807) is 0 Å². The smallest absolute Gasteiger partial charge is 0.339 e. The molecule has 2 N–H and O–H groups in total. The molecule has 2 rings (SSSR count). The molecule has 0 aliphatic carbocycles. The van der Waals surface area contributed by atoms with Gasteiger partial charge in [-0.15, -0.1) is 12.4 Å². The van der Waals surface area contributed by atoms with Crippen molar-refractivity contribution in [1.29, 1.82) is 0 Å². The van der Waals surface area contributed by atoms with Crippen molar-refractivity contribution in [2.75, 3.05) is 20.8 Å². The number of rotatable bonds is 5. The third kappa shape index (κ3) is 4.94. The zero-order chi connectivity index (χ0) is 18.6. The van der Waals surface area contributed by atoms with Crippen LogP contribution in [0.1, 0.15) is 40.5 Å². The summed E-state index contributed by atoms with van der Waals surface area (Å²) in [5.74, 6) is -1.49. The van der Waals surface area contributed by atoms with Gasteiger partial charge in [0.05, 0.1) is 30.2 Å². The lowest BCUT2D eigenvalue weighted by atomic mass is 10.0. The molecule has 0 aromatic heterocycles. The predicted octanol–water partition coefficient (Wildman–Crippen LogP) is 1.10. The quantitative estimate of drug-likeness (QED) is 0.704. The summed E-state index contributed by atoms with van der Waals surface area (Å²) in [6.45, 7) is 2.71. The summed E-state index contributed by atoms with van der Waals surface area (Å²) in [6.07, 6.45) is 1.52. The van der Waals surface area contributed by atoms with Crippen molar-refractivity contribution in [2.45, 2.75) is 36.7 Å². The molecule has 2 atom stereocenters. The number of hydrogen-bond donors (Lipinski definition) is 2. The van der Waals surface area contributed by atoms with Crippen LogP contribution in [0, 0.1) is 0 Å². The molecule has 1 aliphatic rings. The molecule has 0 saturated carbocycles. The normalized spacial score (nSPS) is 20.0. The lowest BCUT2D eigenvalue weighted by Gasteiger charge is -2.30. The summed E-state index contributed by atoms with van der Waals surface area (Å²) in [6, 6.07) is 3.33. The van der Waals surface area contributed by atoms with Gasteiger partial charge < -0.3 is 14.8 Å². The van der Waals surface area contributed by atoms with Crippen LogP contribution in [0.25, 0.3) is 0 Å². The Labute approximate surface area is 159 Å². The summed E-state index contributed by atoms with van der Waals surface area (Å²) in [5, 5.41) is 3.20. The number of halogens is 1. The zero-order valence-electron chi connectivity index (χ0n) is 14.8. The largest absolute Gasteiger partial charge is 0.465 e. The van der Waals surface area contributed by atoms with E-state index in [-0.39, 0.29) is 40.5 Å². The van der Waals surface area contributed by atoms with Crippen LogP contribution in [0.4, 0.5) is 0 Å². The van der Waals surface area contributed by atoms with E-state index in [0.717, 1.165) is 26.1 Å². The van der Waals surface area contributed by atoms with Crippen LogP contribution in [0.15, 0.2) is 23.1 Å². The number of carbonyl (C=O) groups excluding carboxylic acids is 2. The molecular formula is C16H23ClN2O6S. The second-order valence-electron chi connectivity index (χ2n) is 5.81. The summed E-state index contributed by atoms with van der Waals surface area (Å²) in [5.41, 5.74) is -0.107. The fraction of sp³-hybridized carbons (Fsp3) is 0.500. The second-order valence-corrected chi connectivity index (χ2v) is 7.49. The van der Waals surface area contributed by atoms with Crippen LogP contribution in [0.3, 0.4) is 0 Å². The Morgan fingerprint density at radius 1 is 1.19 bits per heavy atom. The first-order valence-electron chi connectivity index (χ1n) is 7.86. The SMILES string of the molecule is COC(=O)c1ccc(C(=O)OC)c(S(=O)(=O)NC2CCCNC2C)c1.Cl. The van der Waals surface area contributed by atoms with Crippen LogP contribution < -0.4 is 10.0 Å². The van der Waals surface area contributed by atoms with Gasteiger partial charge in [-0.3, -0.25) is 0 Å². The monoisotopic (exact) mass is 406 g/mol. The maximum atomic E-state index is 12.9. The highest BCUT2D eigenvalue weighted by Gasteiger charge is 2.30. The molecule has 1 aromatic rings. The highest BCUT2D eigenvalue weighted by Crippen LogP contribution is 2.21. The minimum Gasteiger partial charge on any atom is -0.465 e. The van der Waals surface area contributed by atoms with E-state index < -0.39 is 22.0 Å². The Hall–Kier alpha value is -1.68. The number of piperidine rings is 1. The Morgan fingerprint density at radius 3 is 2.42 bits per heavy atom. The lowest BCUT2D eigenvalue weighted by Crippen LogP contribution is -2.51. The molecule has 10 heteroatoms. The summed E-state index contributed by atoms with van der Waals surface area (Å²) in [4.78, 5) is 23.4. The van der Waals surface area contributed by atoms with E-state index in [9.17, 15) is 18.0 Å².